The summed E-state index contributed by atoms with van der Waals surface area (Å²) in [5.74, 6) is -1.12. The largest absolute Gasteiger partial charge is 0.445 e. The molecule has 2 aromatic carbocycles. The van der Waals surface area contributed by atoms with E-state index in [1.165, 1.54) is 12.1 Å². The third-order valence-electron chi connectivity index (χ3n) is 5.24. The Morgan fingerprint density at radius 3 is 2.48 bits per heavy atom. The fourth-order valence-corrected chi connectivity index (χ4v) is 4.10. The molecular formula is C22H21F2NO2. The van der Waals surface area contributed by atoms with Crippen LogP contribution in [0.4, 0.5) is 13.6 Å². The van der Waals surface area contributed by atoms with Crippen LogP contribution in [0.15, 0.2) is 60.2 Å². The second kappa shape index (κ2) is 7.51. The van der Waals surface area contributed by atoms with E-state index in [2.05, 4.69) is 6.08 Å². The fourth-order valence-electron chi connectivity index (χ4n) is 4.10. The molecular weight excluding hydrogens is 348 g/mol. The molecule has 0 aromatic heterocycles. The standard InChI is InChI=1S/C22H21F2NO2/c23-18-9-16(10-19(24)13-18)8-17-11-20-6-7-21(12-17)25(20)22(26)27-14-15-4-2-1-3-5-15/h1-5,9-11,13,20-21H,6-8,12,14H2. The zero-order chi connectivity index (χ0) is 18.8. The lowest BCUT2D eigenvalue weighted by molar-refractivity contribution is 0.0816. The maximum absolute atomic E-state index is 13.4. The Hall–Kier alpha value is -2.69. The molecule has 1 amide bonds. The van der Waals surface area contributed by atoms with Crippen LogP contribution in [0.25, 0.3) is 0 Å². The van der Waals surface area contributed by atoms with E-state index < -0.39 is 11.6 Å². The van der Waals surface area contributed by atoms with Crippen molar-refractivity contribution in [3.05, 3.63) is 82.9 Å². The van der Waals surface area contributed by atoms with Gasteiger partial charge < -0.3 is 4.74 Å². The average Bonchev–Trinajstić information content (AvgIpc) is 2.91. The molecule has 140 valence electrons. The van der Waals surface area contributed by atoms with E-state index >= 15 is 0 Å². The third-order valence-corrected chi connectivity index (χ3v) is 5.24. The van der Waals surface area contributed by atoms with Crippen LogP contribution in [-0.2, 0) is 17.8 Å². The van der Waals surface area contributed by atoms with E-state index in [1.807, 2.05) is 35.2 Å². The van der Waals surface area contributed by atoms with Crippen molar-refractivity contribution in [3.8, 4) is 0 Å². The van der Waals surface area contributed by atoms with Gasteiger partial charge in [0.2, 0.25) is 0 Å². The molecule has 0 aliphatic carbocycles. The SMILES string of the molecule is O=C(OCc1ccccc1)N1C2C=C(Cc3cc(F)cc(F)c3)CC1CC2. The van der Waals surface area contributed by atoms with Crippen LogP contribution in [0.5, 0.6) is 0 Å². The van der Waals surface area contributed by atoms with Crippen LogP contribution in [0.3, 0.4) is 0 Å². The van der Waals surface area contributed by atoms with E-state index in [4.69, 9.17) is 4.74 Å². The van der Waals surface area contributed by atoms with Gasteiger partial charge in [-0.3, -0.25) is 4.90 Å². The van der Waals surface area contributed by atoms with Crippen molar-refractivity contribution in [1.29, 1.82) is 0 Å². The molecule has 1 fully saturated rings. The van der Waals surface area contributed by atoms with Gasteiger partial charge in [0.15, 0.2) is 0 Å². The van der Waals surface area contributed by atoms with Gasteiger partial charge in [0.05, 0.1) is 6.04 Å². The predicted octanol–water partition coefficient (Wildman–Crippen LogP) is 5.01. The Morgan fingerprint density at radius 1 is 1.04 bits per heavy atom. The topological polar surface area (TPSA) is 29.5 Å². The molecule has 1 saturated heterocycles. The quantitative estimate of drug-likeness (QED) is 0.709. The lowest BCUT2D eigenvalue weighted by atomic mass is 9.95. The van der Waals surface area contributed by atoms with Crippen molar-refractivity contribution in [2.24, 2.45) is 0 Å². The van der Waals surface area contributed by atoms with Crippen LogP contribution in [0, 0.1) is 11.6 Å². The van der Waals surface area contributed by atoms with Crippen LogP contribution in [0.1, 0.15) is 30.4 Å². The molecule has 2 heterocycles. The summed E-state index contributed by atoms with van der Waals surface area (Å²) in [7, 11) is 0. The second-order valence-corrected chi connectivity index (χ2v) is 7.23. The first kappa shape index (κ1) is 17.7. The van der Waals surface area contributed by atoms with Gasteiger partial charge in [0.1, 0.15) is 18.2 Å². The van der Waals surface area contributed by atoms with Gasteiger partial charge in [0, 0.05) is 12.1 Å². The minimum absolute atomic E-state index is 0.000398. The van der Waals surface area contributed by atoms with Crippen LogP contribution in [-0.4, -0.2) is 23.1 Å². The van der Waals surface area contributed by atoms with Crippen molar-refractivity contribution in [2.45, 2.75) is 44.4 Å². The summed E-state index contributed by atoms with van der Waals surface area (Å²) in [6, 6.07) is 13.3. The van der Waals surface area contributed by atoms with Gasteiger partial charge in [0.25, 0.3) is 0 Å². The molecule has 0 spiro atoms. The molecule has 5 heteroatoms. The number of benzene rings is 2. The second-order valence-electron chi connectivity index (χ2n) is 7.23. The number of carbonyl (C=O) groups is 1. The molecule has 0 saturated carbocycles. The van der Waals surface area contributed by atoms with E-state index in [1.54, 1.807) is 0 Å². The van der Waals surface area contributed by atoms with Crippen LogP contribution >= 0.6 is 0 Å². The minimum atomic E-state index is -0.560. The summed E-state index contributed by atoms with van der Waals surface area (Å²) >= 11 is 0. The zero-order valence-corrected chi connectivity index (χ0v) is 14.9. The number of rotatable bonds is 4. The highest BCUT2D eigenvalue weighted by Gasteiger charge is 2.40. The van der Waals surface area contributed by atoms with Crippen molar-refractivity contribution in [1.82, 2.24) is 4.90 Å². The van der Waals surface area contributed by atoms with Gasteiger partial charge in [-0.15, -0.1) is 0 Å². The Kier molecular flexibility index (Phi) is 4.92. The normalized spacial score (nSPS) is 21.1. The van der Waals surface area contributed by atoms with Gasteiger partial charge in [-0.05, 0) is 48.9 Å². The summed E-state index contributed by atoms with van der Waals surface area (Å²) in [5, 5.41) is 0. The van der Waals surface area contributed by atoms with E-state index in [0.29, 0.717) is 12.0 Å². The Morgan fingerprint density at radius 2 is 1.78 bits per heavy atom. The number of ether oxygens (including phenoxy) is 1. The minimum Gasteiger partial charge on any atom is -0.445 e. The monoisotopic (exact) mass is 369 g/mol. The van der Waals surface area contributed by atoms with Gasteiger partial charge in [-0.2, -0.15) is 0 Å². The number of carbonyl (C=O) groups excluding carboxylic acids is 1. The number of hydrogen-bond acceptors (Lipinski definition) is 2. The molecule has 27 heavy (non-hydrogen) atoms. The molecule has 3 nitrogen and oxygen atoms in total. The smallest absolute Gasteiger partial charge is 0.410 e. The fraction of sp³-hybridized carbons (Fsp3) is 0.318. The van der Waals surface area contributed by atoms with Crippen molar-refractivity contribution >= 4 is 6.09 Å². The Labute approximate surface area is 157 Å². The number of fused-ring (bicyclic) bond motifs is 2. The van der Waals surface area contributed by atoms with Gasteiger partial charge in [-0.1, -0.05) is 42.0 Å². The number of hydrogen-bond donors (Lipinski definition) is 0. The molecule has 2 atom stereocenters. The maximum Gasteiger partial charge on any atom is 0.410 e. The van der Waals surface area contributed by atoms with Gasteiger partial charge >= 0.3 is 6.09 Å². The van der Waals surface area contributed by atoms with Gasteiger partial charge in [-0.25, -0.2) is 13.6 Å². The number of nitrogens with zero attached hydrogens (tertiary/aromatic N) is 1. The van der Waals surface area contributed by atoms with E-state index in [-0.39, 0.29) is 24.8 Å². The summed E-state index contributed by atoms with van der Waals surface area (Å²) in [4.78, 5) is 14.4. The number of halogens is 2. The Bertz CT molecular complexity index is 846. The lowest BCUT2D eigenvalue weighted by Crippen LogP contribution is -2.43. The molecule has 2 bridgehead atoms. The maximum atomic E-state index is 13.4. The van der Waals surface area contributed by atoms with Crippen molar-refractivity contribution < 1.29 is 18.3 Å². The predicted molar refractivity (Wildman–Crippen MR) is 98.0 cm³/mol. The highest BCUT2D eigenvalue weighted by molar-refractivity contribution is 5.70. The highest BCUT2D eigenvalue weighted by atomic mass is 19.1. The lowest BCUT2D eigenvalue weighted by Gasteiger charge is -2.33. The van der Waals surface area contributed by atoms with Crippen LogP contribution < -0.4 is 0 Å². The Balaban J connectivity index is 1.42. The highest BCUT2D eigenvalue weighted by Crippen LogP contribution is 2.36. The first-order valence-electron chi connectivity index (χ1n) is 9.22. The molecule has 0 N–H and O–H groups in total. The molecule has 2 aliphatic heterocycles. The van der Waals surface area contributed by atoms with Crippen LogP contribution in [0.2, 0.25) is 0 Å². The summed E-state index contributed by atoms with van der Waals surface area (Å²) < 4.78 is 32.3. The first-order valence-corrected chi connectivity index (χ1v) is 9.22. The third kappa shape index (κ3) is 4.02. The molecule has 2 aromatic rings. The van der Waals surface area contributed by atoms with E-state index in [0.717, 1.165) is 36.5 Å². The summed E-state index contributed by atoms with van der Waals surface area (Å²) in [5.41, 5.74) is 2.71. The molecule has 4 rings (SSSR count). The number of amides is 1. The van der Waals surface area contributed by atoms with E-state index in [9.17, 15) is 13.6 Å². The van der Waals surface area contributed by atoms with Crippen molar-refractivity contribution in [2.75, 3.05) is 0 Å². The van der Waals surface area contributed by atoms with Crippen molar-refractivity contribution in [3.63, 3.8) is 0 Å². The first-order chi connectivity index (χ1) is 13.1. The average molecular weight is 369 g/mol. The molecule has 2 aliphatic rings. The zero-order valence-electron chi connectivity index (χ0n) is 14.9. The molecule has 2 unspecified atom stereocenters. The molecule has 0 radical (unpaired) electrons. The summed E-state index contributed by atoms with van der Waals surface area (Å²) in [6.07, 6.45) is 4.81. The summed E-state index contributed by atoms with van der Waals surface area (Å²) in [6.45, 7) is 0.259.